The van der Waals surface area contributed by atoms with Crippen LogP contribution < -0.4 is 10.2 Å². The molecule has 0 aliphatic carbocycles. The van der Waals surface area contributed by atoms with Crippen molar-refractivity contribution in [3.63, 3.8) is 0 Å². The van der Waals surface area contributed by atoms with E-state index in [2.05, 4.69) is 10.3 Å². The van der Waals surface area contributed by atoms with Crippen LogP contribution in [0.2, 0.25) is 0 Å². The molecule has 0 aliphatic heterocycles. The number of hydrogen-bond donors (Lipinski definition) is 1. The smallest absolute Gasteiger partial charge is 0.362 e. The van der Waals surface area contributed by atoms with E-state index in [9.17, 15) is 13.2 Å². The van der Waals surface area contributed by atoms with Crippen LogP contribution in [-0.4, -0.2) is 31.3 Å². The number of hydrogen-bond acceptors (Lipinski definition) is 3. The molecule has 1 aromatic heterocycles. The third-order valence-corrected chi connectivity index (χ3v) is 2.45. The van der Waals surface area contributed by atoms with E-state index < -0.39 is 12.7 Å². The first-order valence-electron chi connectivity index (χ1n) is 5.87. The number of alkyl halides is 3. The minimum absolute atomic E-state index is 0.375. The summed E-state index contributed by atoms with van der Waals surface area (Å²) in [6.45, 7) is 1.81. The Morgan fingerprint density at radius 1 is 1.39 bits per heavy atom. The lowest BCUT2D eigenvalue weighted by molar-refractivity contribution is -0.119. The normalized spacial score (nSPS) is 11.6. The Kier molecular flexibility index (Phi) is 5.40. The zero-order valence-corrected chi connectivity index (χ0v) is 10.6. The van der Waals surface area contributed by atoms with Gasteiger partial charge in [0.1, 0.15) is 6.54 Å². The SMILES string of the molecule is CCCN(CC(F)(F)F)c1ccncc1CNC. The Morgan fingerprint density at radius 2 is 2.11 bits per heavy atom. The summed E-state index contributed by atoms with van der Waals surface area (Å²) >= 11 is 0. The topological polar surface area (TPSA) is 28.2 Å². The predicted molar refractivity (Wildman–Crippen MR) is 65.6 cm³/mol. The maximum atomic E-state index is 12.6. The summed E-state index contributed by atoms with van der Waals surface area (Å²) in [7, 11) is 1.75. The van der Waals surface area contributed by atoms with Crippen molar-refractivity contribution in [2.45, 2.75) is 26.1 Å². The number of nitrogens with one attached hydrogen (secondary N) is 1. The summed E-state index contributed by atoms with van der Waals surface area (Å²) in [5, 5.41) is 2.94. The Bertz CT molecular complexity index is 366. The molecule has 0 saturated heterocycles. The molecule has 0 bridgehead atoms. The number of anilines is 1. The Morgan fingerprint density at radius 3 is 2.67 bits per heavy atom. The van der Waals surface area contributed by atoms with Gasteiger partial charge in [0.05, 0.1) is 0 Å². The molecule has 0 saturated carbocycles. The van der Waals surface area contributed by atoms with Crippen molar-refractivity contribution in [3.05, 3.63) is 24.0 Å². The number of nitrogens with zero attached hydrogens (tertiary/aromatic N) is 2. The molecule has 1 aromatic rings. The summed E-state index contributed by atoms with van der Waals surface area (Å²) in [6.07, 6.45) is -0.412. The van der Waals surface area contributed by atoms with Crippen molar-refractivity contribution in [1.82, 2.24) is 10.3 Å². The Hall–Kier alpha value is -1.30. The van der Waals surface area contributed by atoms with E-state index in [-0.39, 0.29) is 0 Å². The second kappa shape index (κ2) is 6.58. The fourth-order valence-corrected chi connectivity index (χ4v) is 1.83. The molecular weight excluding hydrogens is 243 g/mol. The Labute approximate surface area is 105 Å². The van der Waals surface area contributed by atoms with E-state index in [1.807, 2.05) is 6.92 Å². The summed E-state index contributed by atoms with van der Waals surface area (Å²) in [6, 6.07) is 1.63. The monoisotopic (exact) mass is 261 g/mol. The van der Waals surface area contributed by atoms with Crippen molar-refractivity contribution in [3.8, 4) is 0 Å². The number of halogens is 3. The molecule has 0 aromatic carbocycles. The van der Waals surface area contributed by atoms with Crippen molar-refractivity contribution >= 4 is 5.69 Å². The van der Waals surface area contributed by atoms with Gasteiger partial charge in [0.2, 0.25) is 0 Å². The van der Waals surface area contributed by atoms with Gasteiger partial charge in [-0.2, -0.15) is 13.2 Å². The van der Waals surface area contributed by atoms with E-state index in [4.69, 9.17) is 0 Å². The highest BCUT2D eigenvalue weighted by Gasteiger charge is 2.31. The lowest BCUT2D eigenvalue weighted by Crippen LogP contribution is -2.35. The van der Waals surface area contributed by atoms with E-state index in [1.54, 1.807) is 19.3 Å². The highest BCUT2D eigenvalue weighted by molar-refractivity contribution is 5.52. The number of aromatic nitrogens is 1. The fourth-order valence-electron chi connectivity index (χ4n) is 1.83. The average Bonchev–Trinajstić information content (AvgIpc) is 2.28. The lowest BCUT2D eigenvalue weighted by Gasteiger charge is -2.27. The first-order chi connectivity index (χ1) is 8.48. The second-order valence-electron chi connectivity index (χ2n) is 4.07. The standard InChI is InChI=1S/C12H18F3N3/c1-3-6-18(9-12(13,14)15)11-4-5-17-8-10(11)7-16-2/h4-5,8,16H,3,6-7,9H2,1-2H3. The van der Waals surface area contributed by atoms with Gasteiger partial charge in [0.15, 0.2) is 0 Å². The minimum Gasteiger partial charge on any atom is -0.362 e. The zero-order valence-electron chi connectivity index (χ0n) is 10.6. The highest BCUT2D eigenvalue weighted by Crippen LogP contribution is 2.24. The molecular formula is C12H18F3N3. The van der Waals surface area contributed by atoms with Crippen LogP contribution in [-0.2, 0) is 6.54 Å². The number of rotatable bonds is 6. The van der Waals surface area contributed by atoms with Crippen molar-refractivity contribution in [2.24, 2.45) is 0 Å². The summed E-state index contributed by atoms with van der Waals surface area (Å²) in [4.78, 5) is 5.31. The van der Waals surface area contributed by atoms with E-state index in [0.717, 1.165) is 5.56 Å². The molecule has 0 aliphatic rings. The van der Waals surface area contributed by atoms with Crippen LogP contribution in [0, 0.1) is 0 Å². The van der Waals surface area contributed by atoms with Gasteiger partial charge in [-0.25, -0.2) is 0 Å². The second-order valence-corrected chi connectivity index (χ2v) is 4.07. The third-order valence-electron chi connectivity index (χ3n) is 2.45. The molecule has 0 fully saturated rings. The van der Waals surface area contributed by atoms with E-state index >= 15 is 0 Å². The van der Waals surface area contributed by atoms with Gasteiger partial charge in [-0.3, -0.25) is 4.98 Å². The summed E-state index contributed by atoms with van der Waals surface area (Å²) in [5.74, 6) is 0. The van der Waals surface area contributed by atoms with Gasteiger partial charge >= 0.3 is 6.18 Å². The molecule has 0 unspecified atom stereocenters. The van der Waals surface area contributed by atoms with Gasteiger partial charge in [-0.05, 0) is 19.5 Å². The van der Waals surface area contributed by atoms with Crippen LogP contribution in [0.25, 0.3) is 0 Å². The average molecular weight is 261 g/mol. The van der Waals surface area contributed by atoms with Crippen molar-refractivity contribution in [2.75, 3.05) is 25.0 Å². The highest BCUT2D eigenvalue weighted by atomic mass is 19.4. The quantitative estimate of drug-likeness (QED) is 0.853. The van der Waals surface area contributed by atoms with Crippen molar-refractivity contribution in [1.29, 1.82) is 0 Å². The maximum absolute atomic E-state index is 12.6. The molecule has 0 atom stereocenters. The minimum atomic E-state index is -4.20. The molecule has 18 heavy (non-hydrogen) atoms. The van der Waals surface area contributed by atoms with Gasteiger partial charge in [0, 0.05) is 36.7 Å². The zero-order chi connectivity index (χ0) is 13.6. The third kappa shape index (κ3) is 4.52. The largest absolute Gasteiger partial charge is 0.405 e. The van der Waals surface area contributed by atoms with Crippen LogP contribution in [0.1, 0.15) is 18.9 Å². The predicted octanol–water partition coefficient (Wildman–Crippen LogP) is 2.58. The molecule has 6 heteroatoms. The van der Waals surface area contributed by atoms with E-state index in [1.165, 1.54) is 11.1 Å². The molecule has 0 amide bonds. The Balaban J connectivity index is 2.97. The summed E-state index contributed by atoms with van der Waals surface area (Å²) in [5.41, 5.74) is 1.37. The lowest BCUT2D eigenvalue weighted by atomic mass is 10.2. The van der Waals surface area contributed by atoms with Gasteiger partial charge in [0.25, 0.3) is 0 Å². The van der Waals surface area contributed by atoms with Crippen LogP contribution in [0.5, 0.6) is 0 Å². The molecule has 1 heterocycles. The first-order valence-corrected chi connectivity index (χ1v) is 5.87. The van der Waals surface area contributed by atoms with Gasteiger partial charge in [-0.1, -0.05) is 6.92 Å². The van der Waals surface area contributed by atoms with E-state index in [0.29, 0.717) is 25.2 Å². The van der Waals surface area contributed by atoms with Crippen LogP contribution in [0.4, 0.5) is 18.9 Å². The molecule has 1 rings (SSSR count). The fraction of sp³-hybridized carbons (Fsp3) is 0.583. The van der Waals surface area contributed by atoms with Crippen LogP contribution in [0.15, 0.2) is 18.5 Å². The first kappa shape index (κ1) is 14.8. The maximum Gasteiger partial charge on any atom is 0.405 e. The van der Waals surface area contributed by atoms with Gasteiger partial charge < -0.3 is 10.2 Å². The van der Waals surface area contributed by atoms with Crippen molar-refractivity contribution < 1.29 is 13.2 Å². The van der Waals surface area contributed by atoms with Crippen LogP contribution >= 0.6 is 0 Å². The summed E-state index contributed by atoms with van der Waals surface area (Å²) < 4.78 is 37.7. The van der Waals surface area contributed by atoms with Crippen LogP contribution in [0.3, 0.4) is 0 Å². The molecule has 0 spiro atoms. The molecule has 1 N–H and O–H groups in total. The number of pyridine rings is 1. The molecule has 0 radical (unpaired) electrons. The molecule has 3 nitrogen and oxygen atoms in total. The van der Waals surface area contributed by atoms with Gasteiger partial charge in [-0.15, -0.1) is 0 Å². The molecule has 102 valence electrons.